The molecule has 0 aliphatic rings. The molecule has 0 spiro atoms. The van der Waals surface area contributed by atoms with Crippen molar-refractivity contribution in [2.24, 2.45) is 0 Å². The molecular weight excluding hydrogens is 308 g/mol. The number of nitrogens with one attached hydrogen (secondary N) is 1. The molecule has 0 radical (unpaired) electrons. The number of hydrogen-bond acceptors (Lipinski definition) is 5. The van der Waals surface area contributed by atoms with E-state index in [4.69, 9.17) is 11.6 Å². The van der Waals surface area contributed by atoms with Crippen LogP contribution in [0.25, 0.3) is 0 Å². The van der Waals surface area contributed by atoms with Crippen LogP contribution in [-0.2, 0) is 0 Å². The van der Waals surface area contributed by atoms with Crippen LogP contribution in [0, 0.1) is 0 Å². The number of halogens is 1. The zero-order chi connectivity index (χ0) is 15.6. The topological polar surface area (TPSA) is 67.8 Å². The van der Waals surface area contributed by atoms with Gasteiger partial charge in [0.05, 0.1) is 16.9 Å². The zero-order valence-electron chi connectivity index (χ0n) is 12.3. The molecule has 112 valence electrons. The Balaban J connectivity index is 2.21. The summed E-state index contributed by atoms with van der Waals surface area (Å²) in [5, 5.41) is 5.45. The lowest BCUT2D eigenvalue weighted by Gasteiger charge is -2.07. The number of nitrogens with zero attached hydrogens (tertiary/aromatic N) is 3. The Morgan fingerprint density at radius 3 is 2.52 bits per heavy atom. The van der Waals surface area contributed by atoms with E-state index in [2.05, 4.69) is 34.1 Å². The Labute approximate surface area is 132 Å². The highest BCUT2D eigenvalue weighted by atomic mass is 35.5. The normalized spacial score (nSPS) is 11.2. The second-order valence-electron chi connectivity index (χ2n) is 5.27. The summed E-state index contributed by atoms with van der Waals surface area (Å²) in [6, 6.07) is 0. The smallest absolute Gasteiger partial charge is 0.277 e. The summed E-state index contributed by atoms with van der Waals surface area (Å²) in [7, 11) is 0. The minimum Gasteiger partial charge on any atom is -0.296 e. The zero-order valence-corrected chi connectivity index (χ0v) is 13.9. The van der Waals surface area contributed by atoms with Gasteiger partial charge in [-0.1, -0.05) is 39.3 Å². The van der Waals surface area contributed by atoms with Crippen LogP contribution >= 0.6 is 22.9 Å². The molecule has 7 heteroatoms. The molecule has 0 saturated heterocycles. The molecule has 0 aliphatic carbocycles. The van der Waals surface area contributed by atoms with E-state index in [-0.39, 0.29) is 22.5 Å². The van der Waals surface area contributed by atoms with Gasteiger partial charge in [0.15, 0.2) is 10.8 Å². The molecule has 1 N–H and O–H groups in total. The molecule has 2 rings (SSSR count). The van der Waals surface area contributed by atoms with Gasteiger partial charge in [0.25, 0.3) is 5.91 Å². The molecule has 0 fully saturated rings. The summed E-state index contributed by atoms with van der Waals surface area (Å²) in [5.74, 6) is 0.670. The number of amides is 1. The van der Waals surface area contributed by atoms with Gasteiger partial charge >= 0.3 is 0 Å². The fraction of sp³-hybridized carbons (Fsp3) is 0.429. The molecule has 0 saturated carbocycles. The lowest BCUT2D eigenvalue weighted by atomic mass is 10.2. The van der Waals surface area contributed by atoms with Gasteiger partial charge in [-0.3, -0.25) is 10.1 Å². The molecule has 0 atom stereocenters. The monoisotopic (exact) mass is 324 g/mol. The van der Waals surface area contributed by atoms with Gasteiger partial charge in [-0.15, -0.1) is 11.3 Å². The largest absolute Gasteiger partial charge is 0.296 e. The van der Waals surface area contributed by atoms with Crippen LogP contribution in [0.2, 0.25) is 5.02 Å². The Morgan fingerprint density at radius 2 is 1.95 bits per heavy atom. The molecule has 2 heterocycles. The summed E-state index contributed by atoms with van der Waals surface area (Å²) in [6.45, 7) is 8.02. The van der Waals surface area contributed by atoms with Crippen LogP contribution in [-0.4, -0.2) is 20.9 Å². The molecule has 2 aromatic rings. The van der Waals surface area contributed by atoms with Gasteiger partial charge in [-0.05, 0) is 5.92 Å². The van der Waals surface area contributed by atoms with Crippen molar-refractivity contribution in [1.29, 1.82) is 0 Å². The summed E-state index contributed by atoms with van der Waals surface area (Å²) >= 11 is 7.40. The average molecular weight is 325 g/mol. The first-order valence-electron chi connectivity index (χ1n) is 6.67. The third-order valence-corrected chi connectivity index (χ3v) is 3.88. The maximum atomic E-state index is 12.3. The molecule has 0 aromatic carbocycles. The van der Waals surface area contributed by atoms with Crippen LogP contribution in [0.1, 0.15) is 61.5 Å². The number of anilines is 1. The first-order valence-corrected chi connectivity index (χ1v) is 7.93. The van der Waals surface area contributed by atoms with E-state index >= 15 is 0 Å². The van der Waals surface area contributed by atoms with Gasteiger partial charge in [-0.25, -0.2) is 15.0 Å². The number of rotatable bonds is 4. The number of thiazole rings is 1. The Bertz CT molecular complexity index is 654. The summed E-state index contributed by atoms with van der Waals surface area (Å²) in [5.41, 5.74) is 1.13. The number of carbonyl (C=O) groups is 1. The first kappa shape index (κ1) is 15.9. The highest BCUT2D eigenvalue weighted by molar-refractivity contribution is 7.14. The summed E-state index contributed by atoms with van der Waals surface area (Å²) in [6.07, 6.45) is 1.46. The van der Waals surface area contributed by atoms with Gasteiger partial charge in [0.1, 0.15) is 5.82 Å². The van der Waals surface area contributed by atoms with E-state index in [9.17, 15) is 4.79 Å². The highest BCUT2D eigenvalue weighted by Crippen LogP contribution is 2.23. The fourth-order valence-corrected chi connectivity index (χ4v) is 2.63. The van der Waals surface area contributed by atoms with Crippen molar-refractivity contribution in [1.82, 2.24) is 15.0 Å². The fourth-order valence-electron chi connectivity index (χ4n) is 1.58. The minimum absolute atomic E-state index is 0.126. The van der Waals surface area contributed by atoms with Crippen molar-refractivity contribution in [3.8, 4) is 0 Å². The Kier molecular flexibility index (Phi) is 4.90. The van der Waals surface area contributed by atoms with Crippen LogP contribution < -0.4 is 5.32 Å². The third-order valence-electron chi connectivity index (χ3n) is 2.83. The average Bonchev–Trinajstić information content (AvgIpc) is 2.87. The molecule has 21 heavy (non-hydrogen) atoms. The van der Waals surface area contributed by atoms with E-state index in [0.717, 1.165) is 5.69 Å². The maximum Gasteiger partial charge on any atom is 0.277 e. The minimum atomic E-state index is -0.367. The standard InChI is InChI=1S/C14H17ClN4OS/c1-7(2)10-6-21-14(17-10)19-13(20)11-9(15)5-16-12(18-11)8(3)4/h5-8H,1-4H3,(H,17,19,20). The summed E-state index contributed by atoms with van der Waals surface area (Å²) < 4.78 is 0. The van der Waals surface area contributed by atoms with Crippen molar-refractivity contribution >= 4 is 34.0 Å². The second kappa shape index (κ2) is 6.49. The van der Waals surface area contributed by atoms with Crippen molar-refractivity contribution in [3.05, 3.63) is 33.8 Å². The van der Waals surface area contributed by atoms with Crippen LogP contribution in [0.3, 0.4) is 0 Å². The predicted molar refractivity (Wildman–Crippen MR) is 85.3 cm³/mol. The number of hydrogen-bond donors (Lipinski definition) is 1. The predicted octanol–water partition coefficient (Wildman–Crippen LogP) is 4.09. The first-order chi connectivity index (χ1) is 9.88. The van der Waals surface area contributed by atoms with E-state index in [1.54, 1.807) is 0 Å². The quantitative estimate of drug-likeness (QED) is 0.919. The van der Waals surface area contributed by atoms with E-state index in [1.165, 1.54) is 17.5 Å². The summed E-state index contributed by atoms with van der Waals surface area (Å²) in [4.78, 5) is 25.0. The van der Waals surface area contributed by atoms with Gasteiger partial charge in [-0.2, -0.15) is 0 Å². The lowest BCUT2D eigenvalue weighted by molar-refractivity contribution is 0.102. The Morgan fingerprint density at radius 1 is 1.24 bits per heavy atom. The van der Waals surface area contributed by atoms with Crippen molar-refractivity contribution in [2.45, 2.75) is 39.5 Å². The van der Waals surface area contributed by atoms with E-state index in [0.29, 0.717) is 16.9 Å². The number of aromatic nitrogens is 3. The molecule has 0 unspecified atom stereocenters. The molecule has 1 amide bonds. The van der Waals surface area contributed by atoms with Gasteiger partial charge in [0, 0.05) is 11.3 Å². The van der Waals surface area contributed by atoms with Gasteiger partial charge in [0.2, 0.25) is 0 Å². The molecule has 5 nitrogen and oxygen atoms in total. The van der Waals surface area contributed by atoms with E-state index < -0.39 is 0 Å². The Hall–Kier alpha value is -1.53. The van der Waals surface area contributed by atoms with Gasteiger partial charge < -0.3 is 0 Å². The third kappa shape index (κ3) is 3.77. The SMILES string of the molecule is CC(C)c1csc(NC(=O)c2nc(C(C)C)ncc2Cl)n1. The van der Waals surface area contributed by atoms with Crippen molar-refractivity contribution in [3.63, 3.8) is 0 Å². The van der Waals surface area contributed by atoms with Crippen LogP contribution in [0.4, 0.5) is 5.13 Å². The second-order valence-corrected chi connectivity index (χ2v) is 6.53. The van der Waals surface area contributed by atoms with Crippen LogP contribution in [0.5, 0.6) is 0 Å². The molecule has 2 aromatic heterocycles. The molecule has 0 bridgehead atoms. The number of carbonyl (C=O) groups excluding carboxylic acids is 1. The highest BCUT2D eigenvalue weighted by Gasteiger charge is 2.17. The maximum absolute atomic E-state index is 12.3. The molecule has 0 aliphatic heterocycles. The van der Waals surface area contributed by atoms with Crippen molar-refractivity contribution in [2.75, 3.05) is 5.32 Å². The molecular formula is C14H17ClN4OS. The van der Waals surface area contributed by atoms with Crippen molar-refractivity contribution < 1.29 is 4.79 Å². The van der Waals surface area contributed by atoms with E-state index in [1.807, 2.05) is 19.2 Å². The lowest BCUT2D eigenvalue weighted by Crippen LogP contribution is -2.16. The van der Waals surface area contributed by atoms with Crippen LogP contribution in [0.15, 0.2) is 11.6 Å².